The van der Waals surface area contributed by atoms with Crippen LogP contribution in [-0.2, 0) is 9.53 Å². The van der Waals surface area contributed by atoms with Gasteiger partial charge in [0.2, 0.25) is 0 Å². The number of halogens is 2. The van der Waals surface area contributed by atoms with Crippen molar-refractivity contribution in [1.82, 2.24) is 0 Å². The van der Waals surface area contributed by atoms with E-state index in [4.69, 9.17) is 27.9 Å². The molecule has 3 aliphatic rings. The molecule has 0 aromatic heterocycles. The Kier molecular flexibility index (Phi) is 2.96. The van der Waals surface area contributed by atoms with E-state index in [2.05, 4.69) is 19.2 Å². The van der Waals surface area contributed by atoms with Crippen molar-refractivity contribution in [2.24, 2.45) is 16.7 Å². The van der Waals surface area contributed by atoms with Crippen molar-refractivity contribution < 1.29 is 9.53 Å². The molecular weight excluding hydrogens is 321 g/mol. The minimum Gasteiger partial charge on any atom is -0.364 e. The average molecular weight is 340 g/mol. The lowest BCUT2D eigenvalue weighted by molar-refractivity contribution is -0.149. The predicted octanol–water partition coefficient (Wildman–Crippen LogP) is 4.53. The molecule has 0 spiro atoms. The lowest BCUT2D eigenvalue weighted by Crippen LogP contribution is -2.52. The third-order valence-electron chi connectivity index (χ3n) is 6.77. The molecule has 1 heterocycles. The minimum atomic E-state index is -0.743. The van der Waals surface area contributed by atoms with Crippen LogP contribution in [0.25, 0.3) is 0 Å². The van der Waals surface area contributed by atoms with Gasteiger partial charge in [0.05, 0.1) is 22.3 Å². The van der Waals surface area contributed by atoms with E-state index in [9.17, 15) is 4.79 Å². The number of carbonyl (C=O) groups excluding carboxylic acids is 1. The zero-order chi connectivity index (χ0) is 15.8. The van der Waals surface area contributed by atoms with Crippen LogP contribution in [0, 0.1) is 16.7 Å². The van der Waals surface area contributed by atoms with Gasteiger partial charge in [0, 0.05) is 10.8 Å². The number of ether oxygens (including phenoxy) is 1. The minimum absolute atomic E-state index is 0.101. The van der Waals surface area contributed by atoms with Gasteiger partial charge < -0.3 is 10.1 Å². The number of nitrogens with one attached hydrogen (secondary N) is 1. The first-order valence-corrected chi connectivity index (χ1v) is 8.49. The average Bonchev–Trinajstić information content (AvgIpc) is 2.95. The Morgan fingerprint density at radius 3 is 2.59 bits per heavy atom. The standard InChI is InChI=1S/C17H19Cl2NO2/c1-15-9-22-17(8-10(15)6-7-16(15,17)2)14(21)20-13-11(18)4-3-5-12(13)19/h3-5,10H,6-9H2,1-2H3,(H,20,21)/t10-,15-,16+,17-/m1/s1. The van der Waals surface area contributed by atoms with E-state index in [1.807, 2.05) is 0 Å². The molecule has 0 unspecified atom stereocenters. The van der Waals surface area contributed by atoms with Gasteiger partial charge in [0.25, 0.3) is 5.91 Å². The van der Waals surface area contributed by atoms with Crippen molar-refractivity contribution >= 4 is 34.8 Å². The highest BCUT2D eigenvalue weighted by molar-refractivity contribution is 6.39. The van der Waals surface area contributed by atoms with E-state index in [0.717, 1.165) is 12.8 Å². The summed E-state index contributed by atoms with van der Waals surface area (Å²) in [6, 6.07) is 5.21. The number of para-hydroxylation sites is 1. The SMILES string of the molecule is C[C@@]12CC[C@@H]3C[C@]1(C(=O)Nc1c(Cl)cccc1Cl)OC[C@]32C. The molecule has 0 radical (unpaired) electrons. The van der Waals surface area contributed by atoms with Crippen LogP contribution in [0.2, 0.25) is 10.0 Å². The van der Waals surface area contributed by atoms with Crippen molar-refractivity contribution in [2.45, 2.75) is 38.7 Å². The summed E-state index contributed by atoms with van der Waals surface area (Å²) in [5, 5.41) is 3.84. The van der Waals surface area contributed by atoms with Gasteiger partial charge in [0.1, 0.15) is 0 Å². The third kappa shape index (κ3) is 1.50. The number of amides is 1. The molecule has 2 aliphatic carbocycles. The molecule has 1 saturated heterocycles. The molecule has 3 nitrogen and oxygen atoms in total. The van der Waals surface area contributed by atoms with Crippen LogP contribution in [0.3, 0.4) is 0 Å². The lowest BCUT2D eigenvalue weighted by atomic mass is 9.66. The number of hydrogen-bond donors (Lipinski definition) is 1. The number of benzene rings is 1. The highest BCUT2D eigenvalue weighted by atomic mass is 35.5. The zero-order valence-electron chi connectivity index (χ0n) is 12.7. The van der Waals surface area contributed by atoms with Gasteiger partial charge in [-0.05, 0) is 37.3 Å². The van der Waals surface area contributed by atoms with E-state index in [1.165, 1.54) is 6.42 Å². The molecular formula is C17H19Cl2NO2. The topological polar surface area (TPSA) is 38.3 Å². The van der Waals surface area contributed by atoms with Crippen LogP contribution in [0.5, 0.6) is 0 Å². The van der Waals surface area contributed by atoms with Gasteiger partial charge in [0.15, 0.2) is 5.60 Å². The number of rotatable bonds is 2. The summed E-state index contributed by atoms with van der Waals surface area (Å²) in [6.45, 7) is 5.15. The Labute approximate surface area is 140 Å². The van der Waals surface area contributed by atoms with Crippen molar-refractivity contribution in [1.29, 1.82) is 0 Å². The smallest absolute Gasteiger partial charge is 0.257 e. The van der Waals surface area contributed by atoms with Crippen molar-refractivity contribution in [2.75, 3.05) is 11.9 Å². The van der Waals surface area contributed by atoms with Crippen LogP contribution in [0.4, 0.5) is 5.69 Å². The van der Waals surface area contributed by atoms with Crippen LogP contribution < -0.4 is 5.32 Å². The molecule has 3 fully saturated rings. The summed E-state index contributed by atoms with van der Waals surface area (Å²) in [4.78, 5) is 13.1. The van der Waals surface area contributed by atoms with E-state index in [1.54, 1.807) is 18.2 Å². The van der Waals surface area contributed by atoms with Crippen LogP contribution >= 0.6 is 23.2 Å². The van der Waals surface area contributed by atoms with E-state index >= 15 is 0 Å². The summed E-state index contributed by atoms with van der Waals surface area (Å²) >= 11 is 12.4. The van der Waals surface area contributed by atoms with Gasteiger partial charge >= 0.3 is 0 Å². The van der Waals surface area contributed by atoms with Crippen molar-refractivity contribution in [3.8, 4) is 0 Å². The second kappa shape index (κ2) is 4.40. The molecule has 22 heavy (non-hydrogen) atoms. The fourth-order valence-electron chi connectivity index (χ4n) is 5.09. The van der Waals surface area contributed by atoms with E-state index in [-0.39, 0.29) is 16.7 Å². The van der Waals surface area contributed by atoms with Gasteiger partial charge in [-0.1, -0.05) is 43.1 Å². The maximum absolute atomic E-state index is 13.1. The van der Waals surface area contributed by atoms with Gasteiger partial charge in [-0.15, -0.1) is 0 Å². The maximum Gasteiger partial charge on any atom is 0.257 e. The summed E-state index contributed by atoms with van der Waals surface area (Å²) in [5.41, 5.74) is -0.265. The van der Waals surface area contributed by atoms with Crippen LogP contribution in [-0.4, -0.2) is 18.1 Å². The van der Waals surface area contributed by atoms with Gasteiger partial charge in [-0.3, -0.25) is 4.79 Å². The summed E-state index contributed by atoms with van der Waals surface area (Å²) in [7, 11) is 0. The van der Waals surface area contributed by atoms with Crippen molar-refractivity contribution in [3.63, 3.8) is 0 Å². The van der Waals surface area contributed by atoms with Crippen molar-refractivity contribution in [3.05, 3.63) is 28.2 Å². The fourth-order valence-corrected chi connectivity index (χ4v) is 5.58. The molecule has 4 atom stereocenters. The molecule has 4 rings (SSSR count). The summed E-state index contributed by atoms with van der Waals surface area (Å²) in [5.74, 6) is 0.467. The molecule has 1 aromatic carbocycles. The molecule has 5 heteroatoms. The molecule has 2 saturated carbocycles. The number of hydrogen-bond acceptors (Lipinski definition) is 2. The Morgan fingerprint density at radius 1 is 1.32 bits per heavy atom. The van der Waals surface area contributed by atoms with Crippen LogP contribution in [0.15, 0.2) is 18.2 Å². The summed E-state index contributed by atoms with van der Waals surface area (Å²) in [6.07, 6.45) is 3.03. The highest BCUT2D eigenvalue weighted by Crippen LogP contribution is 2.75. The van der Waals surface area contributed by atoms with E-state index in [0.29, 0.717) is 28.3 Å². The fraction of sp³-hybridized carbons (Fsp3) is 0.588. The van der Waals surface area contributed by atoms with Crippen LogP contribution in [0.1, 0.15) is 33.1 Å². The Bertz CT molecular complexity index is 658. The quantitative estimate of drug-likeness (QED) is 0.859. The first kappa shape index (κ1) is 14.8. The first-order chi connectivity index (χ1) is 10.3. The second-order valence-corrected chi connectivity index (χ2v) is 8.17. The van der Waals surface area contributed by atoms with Gasteiger partial charge in [-0.25, -0.2) is 0 Å². The van der Waals surface area contributed by atoms with E-state index < -0.39 is 5.60 Å². The Hall–Kier alpha value is -0.770. The largest absolute Gasteiger partial charge is 0.364 e. The monoisotopic (exact) mass is 339 g/mol. The number of carbonyl (C=O) groups is 1. The molecule has 1 N–H and O–H groups in total. The second-order valence-electron chi connectivity index (χ2n) is 7.36. The Morgan fingerprint density at radius 2 is 2.00 bits per heavy atom. The predicted molar refractivity (Wildman–Crippen MR) is 87.3 cm³/mol. The highest BCUT2D eigenvalue weighted by Gasteiger charge is 2.78. The van der Waals surface area contributed by atoms with Gasteiger partial charge in [-0.2, -0.15) is 0 Å². The third-order valence-corrected chi connectivity index (χ3v) is 7.40. The first-order valence-electron chi connectivity index (χ1n) is 7.73. The zero-order valence-corrected chi connectivity index (χ0v) is 14.2. The number of anilines is 1. The molecule has 1 amide bonds. The lowest BCUT2D eigenvalue weighted by Gasteiger charge is -2.40. The summed E-state index contributed by atoms with van der Waals surface area (Å²) < 4.78 is 6.09. The maximum atomic E-state index is 13.1. The molecule has 4 bridgehead atoms. The molecule has 1 aromatic rings. The molecule has 118 valence electrons. The molecule has 1 aliphatic heterocycles. The normalized spacial score (nSPS) is 41.9. The Balaban J connectivity index is 1.70.